The fraction of sp³-hybridized carbons (Fsp3) is 0.353. The molecule has 1 aliphatic carbocycles. The zero-order chi connectivity index (χ0) is 16.4. The van der Waals surface area contributed by atoms with Crippen LogP contribution in [0.4, 0.5) is 0 Å². The summed E-state index contributed by atoms with van der Waals surface area (Å²) in [5, 5.41) is 2.76. The lowest BCUT2D eigenvalue weighted by Gasteiger charge is -2.06. The van der Waals surface area contributed by atoms with Crippen molar-refractivity contribution in [3.8, 4) is 0 Å². The molecule has 1 amide bonds. The number of aryl methyl sites for hydroxylation is 1. The molecule has 1 aromatic carbocycles. The summed E-state index contributed by atoms with van der Waals surface area (Å²) in [6, 6.07) is 12.5. The normalized spacial score (nSPS) is 20.2. The van der Waals surface area contributed by atoms with Crippen molar-refractivity contribution in [1.29, 1.82) is 0 Å². The maximum absolute atomic E-state index is 12.1. The first kappa shape index (κ1) is 16.2. The molecule has 3 rings (SSSR count). The van der Waals surface area contributed by atoms with E-state index in [-0.39, 0.29) is 24.1 Å². The van der Waals surface area contributed by atoms with Gasteiger partial charge in [-0.25, -0.2) is 8.42 Å². The minimum atomic E-state index is -3.34. The number of hydrogen-bond donors (Lipinski definition) is 1. The molecule has 0 spiro atoms. The Labute approximate surface area is 140 Å². The number of nitrogens with one attached hydrogen (secondary N) is 1. The second kappa shape index (κ2) is 6.45. The highest BCUT2D eigenvalue weighted by Crippen LogP contribution is 2.49. The Morgan fingerprint density at radius 1 is 1.22 bits per heavy atom. The lowest BCUT2D eigenvalue weighted by atomic mass is 10.2. The largest absolute Gasteiger partial charge is 0.355 e. The van der Waals surface area contributed by atoms with Crippen LogP contribution >= 0.6 is 11.3 Å². The second-order valence-corrected chi connectivity index (χ2v) is 9.25. The molecule has 1 heterocycles. The molecule has 0 bridgehead atoms. The molecule has 2 aromatic rings. The molecule has 2 atom stereocenters. The van der Waals surface area contributed by atoms with Gasteiger partial charge in [-0.3, -0.25) is 4.79 Å². The first-order valence-corrected chi connectivity index (χ1v) is 10.1. The summed E-state index contributed by atoms with van der Waals surface area (Å²) < 4.78 is 24.3. The molecule has 0 aliphatic heterocycles. The van der Waals surface area contributed by atoms with E-state index in [0.29, 0.717) is 10.8 Å². The average Bonchev–Trinajstić information content (AvgIpc) is 3.23. The highest BCUT2D eigenvalue weighted by atomic mass is 32.2. The topological polar surface area (TPSA) is 63.2 Å². The summed E-state index contributed by atoms with van der Waals surface area (Å²) >= 11 is 1.73. The van der Waals surface area contributed by atoms with Gasteiger partial charge < -0.3 is 5.32 Å². The van der Waals surface area contributed by atoms with Crippen LogP contribution in [0.5, 0.6) is 0 Å². The molecule has 1 N–H and O–H groups in total. The maximum Gasteiger partial charge on any atom is 0.223 e. The van der Waals surface area contributed by atoms with Crippen molar-refractivity contribution >= 4 is 27.1 Å². The number of carbonyl (C=O) groups is 1. The van der Waals surface area contributed by atoms with E-state index >= 15 is 0 Å². The summed E-state index contributed by atoms with van der Waals surface area (Å²) in [5.74, 6) is 0.189. The van der Waals surface area contributed by atoms with E-state index in [2.05, 4.69) is 24.4 Å². The van der Waals surface area contributed by atoms with Crippen LogP contribution in [-0.4, -0.2) is 26.6 Å². The molecule has 6 heteroatoms. The van der Waals surface area contributed by atoms with Crippen molar-refractivity contribution in [2.75, 3.05) is 12.3 Å². The van der Waals surface area contributed by atoms with Gasteiger partial charge in [-0.05, 0) is 37.6 Å². The van der Waals surface area contributed by atoms with E-state index in [1.54, 1.807) is 41.7 Å². The van der Waals surface area contributed by atoms with Gasteiger partial charge >= 0.3 is 0 Å². The summed E-state index contributed by atoms with van der Waals surface area (Å²) in [7, 11) is -3.34. The first-order chi connectivity index (χ1) is 11.0. The number of rotatable bonds is 6. The third-order valence-electron chi connectivity index (χ3n) is 4.03. The molecule has 1 aliphatic rings. The predicted octanol–water partition coefficient (Wildman–Crippen LogP) is 2.75. The molecule has 1 aromatic heterocycles. The zero-order valence-electron chi connectivity index (χ0n) is 12.9. The van der Waals surface area contributed by atoms with Gasteiger partial charge in [-0.1, -0.05) is 18.2 Å². The molecule has 0 radical (unpaired) electrons. The van der Waals surface area contributed by atoms with Crippen molar-refractivity contribution in [3.05, 3.63) is 52.2 Å². The van der Waals surface area contributed by atoms with E-state index < -0.39 is 9.84 Å². The van der Waals surface area contributed by atoms with E-state index in [1.807, 2.05) is 0 Å². The van der Waals surface area contributed by atoms with Crippen LogP contribution in [0.25, 0.3) is 0 Å². The van der Waals surface area contributed by atoms with Gasteiger partial charge in [0, 0.05) is 28.1 Å². The van der Waals surface area contributed by atoms with Gasteiger partial charge in [0.1, 0.15) is 0 Å². The van der Waals surface area contributed by atoms with Crippen molar-refractivity contribution < 1.29 is 13.2 Å². The van der Waals surface area contributed by atoms with Crippen LogP contribution < -0.4 is 5.32 Å². The average molecular weight is 349 g/mol. The standard InChI is InChI=1S/C17H19NO3S2/c1-12-7-8-16(22-12)14-11-15(14)17(19)18-9-10-23(20,21)13-5-3-2-4-6-13/h2-8,14-15H,9-11H2,1H3,(H,18,19)/t14-,15+/m0/s1. The SMILES string of the molecule is Cc1ccc([C@H]2C[C@H]2C(=O)NCCS(=O)(=O)c2ccccc2)s1. The Morgan fingerprint density at radius 2 is 1.96 bits per heavy atom. The van der Waals surface area contributed by atoms with Crippen LogP contribution in [0.3, 0.4) is 0 Å². The highest BCUT2D eigenvalue weighted by Gasteiger charge is 2.44. The maximum atomic E-state index is 12.1. The molecule has 1 saturated carbocycles. The highest BCUT2D eigenvalue weighted by molar-refractivity contribution is 7.91. The van der Waals surface area contributed by atoms with Crippen LogP contribution in [0.1, 0.15) is 22.1 Å². The third-order valence-corrected chi connectivity index (χ3v) is 6.89. The van der Waals surface area contributed by atoms with Crippen molar-refractivity contribution in [3.63, 3.8) is 0 Å². The lowest BCUT2D eigenvalue weighted by Crippen LogP contribution is -2.30. The van der Waals surface area contributed by atoms with E-state index in [9.17, 15) is 13.2 Å². The molecule has 0 saturated heterocycles. The molecule has 23 heavy (non-hydrogen) atoms. The van der Waals surface area contributed by atoms with Crippen LogP contribution in [0.15, 0.2) is 47.4 Å². The zero-order valence-corrected chi connectivity index (χ0v) is 14.5. The van der Waals surface area contributed by atoms with Crippen molar-refractivity contribution in [2.45, 2.75) is 24.2 Å². The minimum absolute atomic E-state index is 0.00696. The number of hydrogen-bond acceptors (Lipinski definition) is 4. The number of benzene rings is 1. The number of carbonyl (C=O) groups excluding carboxylic acids is 1. The monoisotopic (exact) mass is 349 g/mol. The van der Waals surface area contributed by atoms with Gasteiger partial charge in [-0.2, -0.15) is 0 Å². The summed E-state index contributed by atoms with van der Waals surface area (Å²) in [6.45, 7) is 2.21. The Bertz CT molecular complexity index is 796. The lowest BCUT2D eigenvalue weighted by molar-refractivity contribution is -0.122. The molecule has 122 valence electrons. The number of thiophene rings is 1. The van der Waals surface area contributed by atoms with Gasteiger partial charge in [0.05, 0.1) is 10.6 Å². The quantitative estimate of drug-likeness (QED) is 0.872. The van der Waals surface area contributed by atoms with E-state index in [4.69, 9.17) is 0 Å². The molecular formula is C17H19NO3S2. The van der Waals surface area contributed by atoms with Crippen LogP contribution in [0, 0.1) is 12.8 Å². The summed E-state index contributed by atoms with van der Waals surface area (Å²) in [6.07, 6.45) is 0.858. The molecule has 0 unspecified atom stereocenters. The van der Waals surface area contributed by atoms with E-state index in [0.717, 1.165) is 6.42 Å². The molecular weight excluding hydrogens is 330 g/mol. The van der Waals surface area contributed by atoms with Crippen LogP contribution in [-0.2, 0) is 14.6 Å². The van der Waals surface area contributed by atoms with E-state index in [1.165, 1.54) is 9.75 Å². The number of amides is 1. The predicted molar refractivity (Wildman–Crippen MR) is 91.4 cm³/mol. The van der Waals surface area contributed by atoms with Crippen molar-refractivity contribution in [1.82, 2.24) is 5.32 Å². The number of sulfone groups is 1. The summed E-state index contributed by atoms with van der Waals surface area (Å²) in [5.41, 5.74) is 0. The first-order valence-electron chi connectivity index (χ1n) is 7.59. The van der Waals surface area contributed by atoms with Crippen LogP contribution in [0.2, 0.25) is 0 Å². The smallest absolute Gasteiger partial charge is 0.223 e. The van der Waals surface area contributed by atoms with Gasteiger partial charge in [0.2, 0.25) is 5.91 Å². The van der Waals surface area contributed by atoms with Crippen molar-refractivity contribution in [2.24, 2.45) is 5.92 Å². The van der Waals surface area contributed by atoms with Gasteiger partial charge in [0.15, 0.2) is 9.84 Å². The molecule has 1 fully saturated rings. The second-order valence-electron chi connectivity index (χ2n) is 5.82. The Morgan fingerprint density at radius 3 is 2.61 bits per heavy atom. The third kappa shape index (κ3) is 3.82. The molecule has 4 nitrogen and oxygen atoms in total. The fourth-order valence-corrected chi connectivity index (χ4v) is 4.87. The van der Waals surface area contributed by atoms with Gasteiger partial charge in [-0.15, -0.1) is 11.3 Å². The minimum Gasteiger partial charge on any atom is -0.355 e. The Hall–Kier alpha value is -1.66. The summed E-state index contributed by atoms with van der Waals surface area (Å²) in [4.78, 5) is 14.9. The Balaban J connectivity index is 1.49. The Kier molecular flexibility index (Phi) is 4.55. The van der Waals surface area contributed by atoms with Gasteiger partial charge in [0.25, 0.3) is 0 Å². The fourth-order valence-electron chi connectivity index (χ4n) is 2.64.